The minimum Gasteiger partial charge on any atom is -0.275 e. The van der Waals surface area contributed by atoms with Crippen LogP contribution in [0.4, 0.5) is 0 Å². The second-order valence-electron chi connectivity index (χ2n) is 7.05. The molecule has 0 saturated carbocycles. The number of fused-ring (bicyclic) bond motifs is 2. The van der Waals surface area contributed by atoms with Crippen LogP contribution in [0, 0.1) is 0 Å². The molecule has 0 saturated heterocycles. The average molecular weight is 321 g/mol. The maximum atomic E-state index is 5.08. The van der Waals surface area contributed by atoms with Gasteiger partial charge >= 0.3 is 0 Å². The minimum absolute atomic E-state index is 0.00386. The molecule has 0 N–H and O–H groups in total. The molecular formula is C19H19N3S. The predicted octanol–water partition coefficient (Wildman–Crippen LogP) is 4.60. The number of nitrogens with zero attached hydrogens (tertiary/aromatic N) is 3. The van der Waals surface area contributed by atoms with E-state index in [9.17, 15) is 0 Å². The number of hydrogen-bond acceptors (Lipinski definition) is 4. The minimum atomic E-state index is -0.191. The Morgan fingerprint density at radius 1 is 0.957 bits per heavy atom. The number of para-hydroxylation sites is 2. The third kappa shape index (κ3) is 2.05. The van der Waals surface area contributed by atoms with Gasteiger partial charge in [0.05, 0.1) is 27.6 Å². The second kappa shape index (κ2) is 4.71. The molecule has 3 nitrogen and oxygen atoms in total. The number of aromatic nitrogens is 2. The number of thiophene rings is 1. The van der Waals surface area contributed by atoms with Crippen molar-refractivity contribution in [1.82, 2.24) is 9.97 Å². The summed E-state index contributed by atoms with van der Waals surface area (Å²) in [5.74, 6) is 0. The zero-order valence-electron chi connectivity index (χ0n) is 13.8. The van der Waals surface area contributed by atoms with Crippen molar-refractivity contribution in [3.05, 3.63) is 58.0 Å². The fourth-order valence-electron chi connectivity index (χ4n) is 3.03. The van der Waals surface area contributed by atoms with Crippen LogP contribution in [-0.2, 0) is 5.41 Å². The summed E-state index contributed by atoms with van der Waals surface area (Å²) in [4.78, 5) is 15.7. The molecule has 2 aromatic heterocycles. The molecule has 1 aliphatic rings. The molecule has 23 heavy (non-hydrogen) atoms. The van der Waals surface area contributed by atoms with Crippen LogP contribution in [-0.4, -0.2) is 21.2 Å². The Bertz CT molecular complexity index is 934. The van der Waals surface area contributed by atoms with Gasteiger partial charge in [-0.3, -0.25) is 9.98 Å². The van der Waals surface area contributed by atoms with E-state index < -0.39 is 0 Å². The number of rotatable bonds is 1. The molecule has 0 amide bonds. The number of aliphatic imine (C=N–C) groups is 1. The van der Waals surface area contributed by atoms with Crippen LogP contribution in [0.1, 0.15) is 43.8 Å². The first kappa shape index (κ1) is 14.5. The molecule has 0 fully saturated rings. The van der Waals surface area contributed by atoms with Gasteiger partial charge in [0.15, 0.2) is 0 Å². The summed E-state index contributed by atoms with van der Waals surface area (Å²) in [7, 11) is 0. The standard InChI is InChI=1S/C19H19N3S/c1-18(2)12-9-10-23-17(12)16(22-19(18,3)4)15-11-20-13-7-5-6-8-14(13)21-15/h5-11H,1-4H3. The number of hydrogen-bond donors (Lipinski definition) is 0. The summed E-state index contributed by atoms with van der Waals surface area (Å²) < 4.78 is 0. The highest BCUT2D eigenvalue weighted by molar-refractivity contribution is 7.12. The lowest BCUT2D eigenvalue weighted by Gasteiger charge is -2.42. The Morgan fingerprint density at radius 3 is 2.48 bits per heavy atom. The summed E-state index contributed by atoms with van der Waals surface area (Å²) in [5, 5.41) is 2.15. The lowest BCUT2D eigenvalue weighted by atomic mass is 9.68. The van der Waals surface area contributed by atoms with Crippen molar-refractivity contribution in [3.63, 3.8) is 0 Å². The van der Waals surface area contributed by atoms with Crippen LogP contribution in [0.25, 0.3) is 11.0 Å². The average Bonchev–Trinajstić information content (AvgIpc) is 3.01. The fraction of sp³-hybridized carbons (Fsp3) is 0.316. The van der Waals surface area contributed by atoms with Gasteiger partial charge in [-0.05, 0) is 43.0 Å². The van der Waals surface area contributed by atoms with E-state index in [-0.39, 0.29) is 11.0 Å². The highest BCUT2D eigenvalue weighted by Crippen LogP contribution is 2.45. The Balaban J connectivity index is 1.95. The molecule has 0 bridgehead atoms. The normalized spacial score (nSPS) is 18.5. The Hall–Kier alpha value is -2.07. The van der Waals surface area contributed by atoms with E-state index in [4.69, 9.17) is 9.98 Å². The fourth-order valence-corrected chi connectivity index (χ4v) is 4.08. The molecule has 116 valence electrons. The van der Waals surface area contributed by atoms with E-state index in [1.807, 2.05) is 30.5 Å². The van der Waals surface area contributed by atoms with Crippen LogP contribution < -0.4 is 0 Å². The van der Waals surface area contributed by atoms with Crippen molar-refractivity contribution in [3.8, 4) is 0 Å². The van der Waals surface area contributed by atoms with Crippen molar-refractivity contribution >= 4 is 28.1 Å². The van der Waals surface area contributed by atoms with Gasteiger partial charge < -0.3 is 0 Å². The quantitative estimate of drug-likeness (QED) is 0.657. The van der Waals surface area contributed by atoms with Crippen molar-refractivity contribution < 1.29 is 0 Å². The summed E-state index contributed by atoms with van der Waals surface area (Å²) in [6, 6.07) is 10.2. The van der Waals surface area contributed by atoms with Crippen molar-refractivity contribution in [2.24, 2.45) is 4.99 Å². The van der Waals surface area contributed by atoms with Crippen molar-refractivity contribution in [1.29, 1.82) is 0 Å². The molecule has 0 unspecified atom stereocenters. The Kier molecular flexibility index (Phi) is 2.97. The third-order valence-electron chi connectivity index (χ3n) is 5.17. The molecule has 0 aliphatic carbocycles. The molecule has 4 rings (SSSR count). The summed E-state index contributed by atoms with van der Waals surface area (Å²) in [6.07, 6.45) is 1.85. The van der Waals surface area contributed by atoms with Gasteiger partial charge in [-0.1, -0.05) is 26.0 Å². The summed E-state index contributed by atoms with van der Waals surface area (Å²) in [6.45, 7) is 8.93. The van der Waals surface area contributed by atoms with Crippen LogP contribution in [0.2, 0.25) is 0 Å². The van der Waals surface area contributed by atoms with Gasteiger partial charge in [-0.15, -0.1) is 11.3 Å². The molecule has 0 atom stereocenters. The van der Waals surface area contributed by atoms with Crippen molar-refractivity contribution in [2.75, 3.05) is 0 Å². The van der Waals surface area contributed by atoms with Gasteiger partial charge in [0, 0.05) is 5.41 Å². The molecule has 3 heterocycles. The van der Waals surface area contributed by atoms with E-state index >= 15 is 0 Å². The van der Waals surface area contributed by atoms with Crippen LogP contribution >= 0.6 is 11.3 Å². The molecule has 3 aromatic rings. The molecule has 0 spiro atoms. The molecular weight excluding hydrogens is 302 g/mol. The Morgan fingerprint density at radius 2 is 1.70 bits per heavy atom. The molecule has 4 heteroatoms. The SMILES string of the molecule is CC1(C)N=C(c2cnc3ccccc3n2)c2sccc2C1(C)C. The lowest BCUT2D eigenvalue weighted by molar-refractivity contribution is 0.305. The maximum absolute atomic E-state index is 5.08. The predicted molar refractivity (Wildman–Crippen MR) is 96.6 cm³/mol. The van der Waals surface area contributed by atoms with Crippen LogP contribution in [0.15, 0.2) is 46.9 Å². The zero-order chi connectivity index (χ0) is 16.2. The highest BCUT2D eigenvalue weighted by atomic mass is 32.1. The van der Waals surface area contributed by atoms with E-state index in [2.05, 4.69) is 44.1 Å². The summed E-state index contributed by atoms with van der Waals surface area (Å²) in [5.41, 5.74) is 4.81. The van der Waals surface area contributed by atoms with Gasteiger partial charge in [-0.25, -0.2) is 4.98 Å². The molecule has 1 aliphatic heterocycles. The zero-order valence-corrected chi connectivity index (χ0v) is 14.6. The molecule has 1 aromatic carbocycles. The smallest absolute Gasteiger partial charge is 0.109 e. The first-order valence-corrected chi connectivity index (χ1v) is 8.68. The first-order valence-electron chi connectivity index (χ1n) is 7.80. The monoisotopic (exact) mass is 321 g/mol. The van der Waals surface area contributed by atoms with Gasteiger partial charge in [0.1, 0.15) is 11.4 Å². The lowest BCUT2D eigenvalue weighted by Crippen LogP contribution is -2.45. The van der Waals surface area contributed by atoms with Gasteiger partial charge in [0.25, 0.3) is 0 Å². The van der Waals surface area contributed by atoms with E-state index in [0.717, 1.165) is 22.4 Å². The van der Waals surface area contributed by atoms with Crippen LogP contribution in [0.3, 0.4) is 0 Å². The highest BCUT2D eigenvalue weighted by Gasteiger charge is 2.44. The van der Waals surface area contributed by atoms with E-state index in [1.165, 1.54) is 10.4 Å². The van der Waals surface area contributed by atoms with E-state index in [0.29, 0.717) is 0 Å². The van der Waals surface area contributed by atoms with Crippen molar-refractivity contribution in [2.45, 2.75) is 38.6 Å². The third-order valence-corrected chi connectivity index (χ3v) is 6.09. The largest absolute Gasteiger partial charge is 0.275 e. The second-order valence-corrected chi connectivity index (χ2v) is 7.97. The summed E-state index contributed by atoms with van der Waals surface area (Å²) >= 11 is 1.74. The number of benzene rings is 1. The maximum Gasteiger partial charge on any atom is 0.109 e. The van der Waals surface area contributed by atoms with Gasteiger partial charge in [0.2, 0.25) is 0 Å². The van der Waals surface area contributed by atoms with Crippen LogP contribution in [0.5, 0.6) is 0 Å². The van der Waals surface area contributed by atoms with Gasteiger partial charge in [-0.2, -0.15) is 0 Å². The van der Waals surface area contributed by atoms with E-state index in [1.54, 1.807) is 11.3 Å². The molecule has 0 radical (unpaired) electrons. The topological polar surface area (TPSA) is 38.1 Å². The first-order chi connectivity index (χ1) is 10.9. The Labute approximate surface area is 140 Å².